The van der Waals surface area contributed by atoms with Crippen molar-refractivity contribution >= 4 is 22.6 Å². The molecule has 0 unspecified atom stereocenters. The zero-order chi connectivity index (χ0) is 30.6. The summed E-state index contributed by atoms with van der Waals surface area (Å²) in [4.78, 5) is 40.6. The second-order valence-corrected chi connectivity index (χ2v) is 10.3. The van der Waals surface area contributed by atoms with Crippen LogP contribution in [0, 0.1) is 18.6 Å². The second kappa shape index (κ2) is 10.3. The van der Waals surface area contributed by atoms with Crippen LogP contribution in [0.4, 0.5) is 23.4 Å². The van der Waals surface area contributed by atoms with E-state index in [2.05, 4.69) is 26.8 Å². The molecule has 218 valence electrons. The van der Waals surface area contributed by atoms with Crippen LogP contribution in [0.15, 0.2) is 54.0 Å². The van der Waals surface area contributed by atoms with Gasteiger partial charge in [-0.1, -0.05) is 12.6 Å². The number of benzene rings is 1. The van der Waals surface area contributed by atoms with Crippen molar-refractivity contribution in [3.8, 4) is 22.7 Å². The van der Waals surface area contributed by atoms with Crippen molar-refractivity contribution in [3.63, 3.8) is 0 Å². The monoisotopic (exact) mass is 582 g/mol. The number of alkyl halides is 2. The van der Waals surface area contributed by atoms with Gasteiger partial charge in [-0.15, -0.1) is 0 Å². The van der Waals surface area contributed by atoms with Crippen LogP contribution in [-0.2, 0) is 10.7 Å². The molecule has 3 aromatic heterocycles. The first-order valence-electron chi connectivity index (χ1n) is 12.9. The molecular weight excluding hydrogens is 556 g/mol. The Morgan fingerprint density at radius 2 is 1.95 bits per heavy atom. The molecule has 13 heteroatoms. The van der Waals surface area contributed by atoms with E-state index in [0.717, 1.165) is 35.0 Å². The molecular formula is C29H26F4N6O3. The Balaban J connectivity index is 1.95. The quantitative estimate of drug-likeness (QED) is 0.257. The third-order valence-corrected chi connectivity index (χ3v) is 7.34. The zero-order valence-electron chi connectivity index (χ0n) is 22.9. The van der Waals surface area contributed by atoms with Crippen LogP contribution in [0.3, 0.4) is 0 Å². The summed E-state index contributed by atoms with van der Waals surface area (Å²) >= 11 is 0. The van der Waals surface area contributed by atoms with Gasteiger partial charge in [-0.25, -0.2) is 23.1 Å². The Hall–Kier alpha value is -4.65. The molecule has 1 aliphatic rings. The molecule has 0 aliphatic carbocycles. The predicted molar refractivity (Wildman–Crippen MR) is 148 cm³/mol. The van der Waals surface area contributed by atoms with Gasteiger partial charge in [-0.05, 0) is 49.8 Å². The number of phenolic OH excluding ortho intramolecular Hbond substituents is 1. The maximum atomic E-state index is 15.8. The number of aromatic nitrogens is 4. The lowest BCUT2D eigenvalue weighted by molar-refractivity contribution is -0.119. The van der Waals surface area contributed by atoms with Gasteiger partial charge in [0, 0.05) is 32.8 Å². The fraction of sp³-hybridized carbons (Fsp3) is 0.276. The average molecular weight is 583 g/mol. The van der Waals surface area contributed by atoms with Crippen LogP contribution >= 0.6 is 0 Å². The Kier molecular flexibility index (Phi) is 7.09. The standard InChI is InChI=1S/C29H26F4N6O3/c1-5-20(41)28(3)14-34-11-12-38(28)25-16-13-18(31)22(21-17(30)7-6-8-19(21)40)36-26(16)39(27(42)37-25)23-15(2)9-10-35-24(23)29(4,32)33/h5-10,13,34,40H,1,11-12,14H2,2-4H3/t28-/m0/s1. The predicted octanol–water partition coefficient (Wildman–Crippen LogP) is 4.17. The van der Waals surface area contributed by atoms with Gasteiger partial charge in [0.15, 0.2) is 17.2 Å². The molecule has 9 nitrogen and oxygen atoms in total. The zero-order valence-corrected chi connectivity index (χ0v) is 22.9. The molecule has 0 saturated carbocycles. The van der Waals surface area contributed by atoms with Crippen molar-refractivity contribution in [3.05, 3.63) is 82.6 Å². The normalized spacial score (nSPS) is 17.5. The van der Waals surface area contributed by atoms with Crippen LogP contribution < -0.4 is 15.9 Å². The SMILES string of the molecule is C=CC(=O)[C@]1(C)CNCCN1c1nc(=O)n(-c2c(C)ccnc2C(C)(F)F)c2nc(-c3c(O)cccc3F)c(F)cc12. The van der Waals surface area contributed by atoms with Crippen molar-refractivity contribution in [2.45, 2.75) is 32.2 Å². The Labute approximate surface area is 237 Å². The van der Waals surface area contributed by atoms with E-state index in [0.29, 0.717) is 13.5 Å². The van der Waals surface area contributed by atoms with Crippen molar-refractivity contribution in [2.75, 3.05) is 24.5 Å². The number of halogens is 4. The molecule has 4 aromatic rings. The van der Waals surface area contributed by atoms with Crippen molar-refractivity contribution < 1.29 is 27.5 Å². The van der Waals surface area contributed by atoms with E-state index in [-0.39, 0.29) is 41.2 Å². The number of fused-ring (bicyclic) bond motifs is 1. The maximum Gasteiger partial charge on any atom is 0.355 e. The van der Waals surface area contributed by atoms with Crippen LogP contribution in [-0.4, -0.2) is 55.6 Å². The van der Waals surface area contributed by atoms with Gasteiger partial charge < -0.3 is 15.3 Å². The third-order valence-electron chi connectivity index (χ3n) is 7.34. The van der Waals surface area contributed by atoms with E-state index in [1.165, 1.54) is 24.0 Å². The number of pyridine rings is 2. The number of rotatable bonds is 6. The van der Waals surface area contributed by atoms with Gasteiger partial charge in [0.25, 0.3) is 5.92 Å². The number of nitrogens with zero attached hydrogens (tertiary/aromatic N) is 5. The largest absolute Gasteiger partial charge is 0.507 e. The molecule has 4 heterocycles. The van der Waals surface area contributed by atoms with Gasteiger partial charge >= 0.3 is 5.69 Å². The second-order valence-electron chi connectivity index (χ2n) is 10.3. The molecule has 0 amide bonds. The number of aryl methyl sites for hydroxylation is 1. The van der Waals surface area contributed by atoms with Crippen LogP contribution in [0.5, 0.6) is 5.75 Å². The van der Waals surface area contributed by atoms with E-state index >= 15 is 4.39 Å². The number of carbonyl (C=O) groups excluding carboxylic acids is 1. The fourth-order valence-corrected chi connectivity index (χ4v) is 5.23. The van der Waals surface area contributed by atoms with Gasteiger partial charge in [0.1, 0.15) is 34.3 Å². The van der Waals surface area contributed by atoms with E-state index in [1.54, 1.807) is 6.92 Å². The first-order valence-corrected chi connectivity index (χ1v) is 12.9. The highest BCUT2D eigenvalue weighted by Crippen LogP contribution is 2.38. The number of anilines is 1. The number of hydrogen-bond acceptors (Lipinski definition) is 8. The summed E-state index contributed by atoms with van der Waals surface area (Å²) in [5, 5.41) is 13.4. The summed E-state index contributed by atoms with van der Waals surface area (Å²) in [6.45, 7) is 7.90. The summed E-state index contributed by atoms with van der Waals surface area (Å²) in [7, 11) is 0. The van der Waals surface area contributed by atoms with Gasteiger partial charge in [-0.2, -0.15) is 13.8 Å². The molecule has 1 atom stereocenters. The first kappa shape index (κ1) is 28.9. The highest BCUT2D eigenvalue weighted by Gasteiger charge is 2.42. The summed E-state index contributed by atoms with van der Waals surface area (Å²) in [6.07, 6.45) is 2.28. The number of ketones is 1. The van der Waals surface area contributed by atoms with E-state index in [4.69, 9.17) is 0 Å². The van der Waals surface area contributed by atoms with Crippen molar-refractivity contribution in [1.82, 2.24) is 24.8 Å². The molecule has 2 N–H and O–H groups in total. The van der Waals surface area contributed by atoms with Crippen LogP contribution in [0.25, 0.3) is 28.0 Å². The summed E-state index contributed by atoms with van der Waals surface area (Å²) < 4.78 is 61.1. The Morgan fingerprint density at radius 1 is 1.21 bits per heavy atom. The van der Waals surface area contributed by atoms with E-state index in [1.807, 2.05) is 0 Å². The number of nitrogens with one attached hydrogen (secondary N) is 1. The first-order chi connectivity index (χ1) is 19.8. The molecule has 1 aromatic carbocycles. The lowest BCUT2D eigenvalue weighted by Gasteiger charge is -2.44. The third kappa shape index (κ3) is 4.59. The molecule has 1 saturated heterocycles. The molecule has 0 bridgehead atoms. The number of piperazine rings is 1. The van der Waals surface area contributed by atoms with Crippen LogP contribution in [0.2, 0.25) is 0 Å². The summed E-state index contributed by atoms with van der Waals surface area (Å²) in [5.74, 6) is -6.79. The van der Waals surface area contributed by atoms with E-state index < -0.39 is 57.3 Å². The maximum absolute atomic E-state index is 15.8. The number of carbonyl (C=O) groups is 1. The fourth-order valence-electron chi connectivity index (χ4n) is 5.23. The average Bonchev–Trinajstić information content (AvgIpc) is 2.93. The minimum Gasteiger partial charge on any atom is -0.507 e. The summed E-state index contributed by atoms with van der Waals surface area (Å²) in [5.41, 5.74) is -4.90. The molecule has 0 spiro atoms. The van der Waals surface area contributed by atoms with Crippen molar-refractivity contribution in [1.29, 1.82) is 0 Å². The minimum absolute atomic E-state index is 0.120. The highest BCUT2D eigenvalue weighted by atomic mass is 19.3. The van der Waals surface area contributed by atoms with E-state index in [9.17, 15) is 27.9 Å². The smallest absolute Gasteiger partial charge is 0.355 e. The topological polar surface area (TPSA) is 113 Å². The highest BCUT2D eigenvalue weighted by molar-refractivity contribution is 6.02. The lowest BCUT2D eigenvalue weighted by atomic mass is 9.91. The Morgan fingerprint density at radius 3 is 2.62 bits per heavy atom. The summed E-state index contributed by atoms with van der Waals surface area (Å²) in [6, 6.07) is 5.65. The van der Waals surface area contributed by atoms with Crippen LogP contribution in [0.1, 0.15) is 25.1 Å². The molecule has 42 heavy (non-hydrogen) atoms. The van der Waals surface area contributed by atoms with Gasteiger partial charge in [0.2, 0.25) is 0 Å². The number of hydrogen-bond donors (Lipinski definition) is 2. The van der Waals surface area contributed by atoms with Gasteiger partial charge in [-0.3, -0.25) is 9.78 Å². The van der Waals surface area contributed by atoms with Crippen molar-refractivity contribution in [2.24, 2.45) is 0 Å². The Bertz CT molecular complexity index is 1800. The number of aromatic hydroxyl groups is 1. The molecule has 5 rings (SSSR count). The minimum atomic E-state index is -3.52. The lowest BCUT2D eigenvalue weighted by Crippen LogP contribution is -2.64. The molecule has 1 aliphatic heterocycles. The molecule has 0 radical (unpaired) electrons. The number of phenols is 1. The van der Waals surface area contributed by atoms with Gasteiger partial charge in [0.05, 0.1) is 16.6 Å². The molecule has 1 fully saturated rings.